The van der Waals surface area contributed by atoms with E-state index < -0.39 is 79.0 Å². The van der Waals surface area contributed by atoms with Crippen molar-refractivity contribution in [2.75, 3.05) is 13.7 Å². The van der Waals surface area contributed by atoms with Gasteiger partial charge in [0.2, 0.25) is 0 Å². The molecule has 0 N–H and O–H groups in total. The molecule has 1 heterocycles. The summed E-state index contributed by atoms with van der Waals surface area (Å²) in [5.74, 6) is -7.80. The largest absolute Gasteiger partial charge is 0.464 e. The molecule has 0 saturated carbocycles. The zero-order valence-corrected chi connectivity index (χ0v) is 18.5. The summed E-state index contributed by atoms with van der Waals surface area (Å²) in [5.41, 5.74) is 0. The summed E-state index contributed by atoms with van der Waals surface area (Å²) in [4.78, 5) is 70.7. The molecule has 13 heteroatoms. The Morgan fingerprint density at radius 3 is 1.91 bits per heavy atom. The molecule has 0 aromatic rings. The first-order valence-electron chi connectivity index (χ1n) is 9.42. The van der Waals surface area contributed by atoms with Gasteiger partial charge in [-0.05, 0) is 0 Å². The number of carbonyl (C=O) groups excluding carboxylic acids is 6. The van der Waals surface area contributed by atoms with Crippen molar-refractivity contribution in [2.45, 2.75) is 71.2 Å². The van der Waals surface area contributed by atoms with Gasteiger partial charge in [-0.2, -0.15) is 0 Å². The van der Waals surface area contributed by atoms with Crippen LogP contribution in [0.5, 0.6) is 0 Å². The molecule has 32 heavy (non-hydrogen) atoms. The summed E-state index contributed by atoms with van der Waals surface area (Å²) in [6.45, 7) is 4.67. The van der Waals surface area contributed by atoms with Crippen LogP contribution < -0.4 is 0 Å². The number of esters is 6. The van der Waals surface area contributed by atoms with Crippen LogP contribution in [0.2, 0.25) is 0 Å². The maximum atomic E-state index is 12.6. The van der Waals surface area contributed by atoms with Crippen LogP contribution in [0.25, 0.3) is 0 Å². The monoisotopic (exact) mass is 462 g/mol. The van der Waals surface area contributed by atoms with Crippen LogP contribution in [0, 0.1) is 0 Å². The van der Waals surface area contributed by atoms with Crippen molar-refractivity contribution in [3.05, 3.63) is 0 Å². The van der Waals surface area contributed by atoms with Crippen molar-refractivity contribution < 1.29 is 61.9 Å². The Balaban J connectivity index is 3.60. The molecule has 1 unspecified atom stereocenters. The Labute approximate surface area is 183 Å². The first-order valence-corrected chi connectivity index (χ1v) is 9.42. The van der Waals surface area contributed by atoms with Gasteiger partial charge in [-0.25, -0.2) is 4.79 Å². The van der Waals surface area contributed by atoms with E-state index in [4.69, 9.17) is 28.4 Å². The van der Waals surface area contributed by atoms with Crippen LogP contribution in [0.4, 0.5) is 0 Å². The van der Waals surface area contributed by atoms with E-state index in [0.717, 1.165) is 41.7 Å². The van der Waals surface area contributed by atoms with Crippen LogP contribution in [-0.4, -0.2) is 79.7 Å². The van der Waals surface area contributed by atoms with Crippen molar-refractivity contribution in [2.24, 2.45) is 0 Å². The summed E-state index contributed by atoms with van der Waals surface area (Å²) in [7, 11) is 0.993. The van der Waals surface area contributed by atoms with Gasteiger partial charge >= 0.3 is 41.6 Å². The lowest BCUT2D eigenvalue weighted by Crippen LogP contribution is -2.65. The number of carbonyl (C=O) groups is 6. The SMILES string of the molecule is COC(=O)C1(OC(C)=O)C[C@@H](OC(C)=O)[C@@H](OC(C)=O)[C@@H]([C@@H](COC(C)=O)OC(C)=O)O1. The van der Waals surface area contributed by atoms with Crippen LogP contribution in [0.1, 0.15) is 41.0 Å². The van der Waals surface area contributed by atoms with Crippen LogP contribution >= 0.6 is 0 Å². The number of hydrogen-bond donors (Lipinski definition) is 0. The molecular weight excluding hydrogens is 436 g/mol. The molecule has 0 bridgehead atoms. The highest BCUT2D eigenvalue weighted by molar-refractivity contribution is 5.82. The van der Waals surface area contributed by atoms with E-state index in [1.54, 1.807) is 0 Å². The van der Waals surface area contributed by atoms with Gasteiger partial charge in [-0.15, -0.1) is 0 Å². The molecule has 0 amide bonds. The van der Waals surface area contributed by atoms with Crippen LogP contribution in [0.3, 0.4) is 0 Å². The van der Waals surface area contributed by atoms with Gasteiger partial charge in [0.15, 0.2) is 12.2 Å². The first-order chi connectivity index (χ1) is 14.8. The average molecular weight is 462 g/mol. The second-order valence-corrected chi connectivity index (χ2v) is 6.80. The minimum Gasteiger partial charge on any atom is -0.464 e. The number of hydrogen-bond acceptors (Lipinski definition) is 13. The summed E-state index contributed by atoms with van der Waals surface area (Å²) in [5, 5.41) is 0. The van der Waals surface area contributed by atoms with Crippen molar-refractivity contribution in [1.29, 1.82) is 0 Å². The molecule has 0 spiro atoms. The Hall–Kier alpha value is -3.22. The maximum Gasteiger partial charge on any atom is 0.379 e. The molecule has 1 aliphatic heterocycles. The smallest absolute Gasteiger partial charge is 0.379 e. The molecule has 1 aliphatic rings. The summed E-state index contributed by atoms with van der Waals surface area (Å²) >= 11 is 0. The van der Waals surface area contributed by atoms with E-state index in [-0.39, 0.29) is 0 Å². The van der Waals surface area contributed by atoms with E-state index in [1.165, 1.54) is 0 Å². The minimum atomic E-state index is -2.45. The fourth-order valence-electron chi connectivity index (χ4n) is 3.11. The van der Waals surface area contributed by atoms with Gasteiger partial charge in [0.25, 0.3) is 0 Å². The fourth-order valence-corrected chi connectivity index (χ4v) is 3.11. The molecular formula is C19H26O13. The lowest BCUT2D eigenvalue weighted by atomic mass is 9.91. The van der Waals surface area contributed by atoms with E-state index in [9.17, 15) is 28.8 Å². The molecule has 1 rings (SSSR count). The molecule has 180 valence electrons. The minimum absolute atomic E-state index is 0.582. The second-order valence-electron chi connectivity index (χ2n) is 6.80. The van der Waals surface area contributed by atoms with Crippen molar-refractivity contribution in [1.82, 2.24) is 0 Å². The maximum absolute atomic E-state index is 12.6. The Bertz CT molecular complexity index is 760. The molecule has 1 saturated heterocycles. The first kappa shape index (κ1) is 26.8. The predicted molar refractivity (Wildman–Crippen MR) is 99.3 cm³/mol. The van der Waals surface area contributed by atoms with Crippen LogP contribution in [-0.2, 0) is 61.9 Å². The lowest BCUT2D eigenvalue weighted by molar-refractivity contribution is -0.317. The summed E-state index contributed by atoms with van der Waals surface area (Å²) in [6, 6.07) is 0. The summed E-state index contributed by atoms with van der Waals surface area (Å²) in [6.07, 6.45) is -6.49. The molecule has 13 nitrogen and oxygen atoms in total. The quantitative estimate of drug-likeness (QED) is 0.337. The average Bonchev–Trinajstić information content (AvgIpc) is 2.64. The molecule has 1 fully saturated rings. The highest BCUT2D eigenvalue weighted by Crippen LogP contribution is 2.37. The topological polar surface area (TPSA) is 167 Å². The van der Waals surface area contributed by atoms with E-state index in [2.05, 4.69) is 4.74 Å². The second kappa shape index (κ2) is 11.4. The van der Waals surface area contributed by atoms with Crippen molar-refractivity contribution in [3.8, 4) is 0 Å². The summed E-state index contributed by atoms with van der Waals surface area (Å²) < 4.78 is 36.0. The van der Waals surface area contributed by atoms with Gasteiger partial charge in [0, 0.05) is 34.6 Å². The van der Waals surface area contributed by atoms with E-state index in [0.29, 0.717) is 0 Å². The highest BCUT2D eigenvalue weighted by atomic mass is 16.8. The molecule has 0 aromatic heterocycles. The standard InChI is InChI=1S/C19H26O13/c1-9(20)27-8-15(29-11(3)22)17-16(30-12(4)23)14(28-10(2)21)7-19(32-17,18(25)26-6)31-13(5)24/h14-17H,7-8H2,1-6H3/t14-,15-,16-,17-,19?/m1/s1. The van der Waals surface area contributed by atoms with Gasteiger partial charge in [-0.1, -0.05) is 0 Å². The van der Waals surface area contributed by atoms with Gasteiger partial charge < -0.3 is 33.2 Å². The highest BCUT2D eigenvalue weighted by Gasteiger charge is 2.60. The number of methoxy groups -OCH3 is 1. The number of rotatable bonds is 8. The van der Waals surface area contributed by atoms with Crippen molar-refractivity contribution in [3.63, 3.8) is 0 Å². The molecule has 0 radical (unpaired) electrons. The predicted octanol–water partition coefficient (Wildman–Crippen LogP) is -0.434. The van der Waals surface area contributed by atoms with Gasteiger partial charge in [0.1, 0.15) is 18.8 Å². The lowest BCUT2D eigenvalue weighted by Gasteiger charge is -2.46. The zero-order valence-electron chi connectivity index (χ0n) is 18.5. The molecule has 5 atom stereocenters. The fraction of sp³-hybridized carbons (Fsp3) is 0.684. The normalized spacial score (nSPS) is 25.5. The van der Waals surface area contributed by atoms with E-state index >= 15 is 0 Å². The van der Waals surface area contributed by atoms with Gasteiger partial charge in [0.05, 0.1) is 13.5 Å². The molecule has 0 aromatic carbocycles. The van der Waals surface area contributed by atoms with E-state index in [1.807, 2.05) is 0 Å². The third kappa shape index (κ3) is 7.48. The Kier molecular flexibility index (Phi) is 9.56. The van der Waals surface area contributed by atoms with Gasteiger partial charge in [-0.3, -0.25) is 24.0 Å². The third-order valence-corrected chi connectivity index (χ3v) is 4.05. The molecule has 0 aliphatic carbocycles. The Morgan fingerprint density at radius 2 is 1.47 bits per heavy atom. The third-order valence-electron chi connectivity index (χ3n) is 4.05. The number of ether oxygens (including phenoxy) is 7. The van der Waals surface area contributed by atoms with Crippen molar-refractivity contribution >= 4 is 35.8 Å². The Morgan fingerprint density at radius 1 is 0.875 bits per heavy atom. The zero-order chi connectivity index (χ0) is 24.6. The van der Waals surface area contributed by atoms with Crippen LogP contribution in [0.15, 0.2) is 0 Å².